The number of piperidine rings is 1. The number of urea groups is 1. The number of carbonyl (C=O) groups is 4. The van der Waals surface area contributed by atoms with E-state index in [-0.39, 0.29) is 17.1 Å². The lowest BCUT2D eigenvalue weighted by Gasteiger charge is -2.37. The first-order valence-corrected chi connectivity index (χ1v) is 7.34. The molecule has 3 heterocycles. The van der Waals surface area contributed by atoms with Gasteiger partial charge in [0.2, 0.25) is 5.91 Å². The van der Waals surface area contributed by atoms with Gasteiger partial charge >= 0.3 is 6.03 Å². The number of carbonyl (C=O) groups excluding carboxylic acids is 4. The van der Waals surface area contributed by atoms with Crippen LogP contribution in [0.25, 0.3) is 0 Å². The number of nitrogens with one attached hydrogen (secondary N) is 3. The van der Waals surface area contributed by atoms with E-state index >= 15 is 0 Å². The average Bonchev–Trinajstić information content (AvgIpc) is 2.95. The first-order chi connectivity index (χ1) is 9.50. The van der Waals surface area contributed by atoms with Gasteiger partial charge in [0.05, 0.1) is 0 Å². The van der Waals surface area contributed by atoms with Gasteiger partial charge in [0.15, 0.2) is 0 Å². The summed E-state index contributed by atoms with van der Waals surface area (Å²) < 4.78 is 0. The molecule has 9 heteroatoms. The Balaban J connectivity index is 1.61. The fourth-order valence-electron chi connectivity index (χ4n) is 2.73. The van der Waals surface area contributed by atoms with Gasteiger partial charge in [-0.3, -0.25) is 19.7 Å². The molecule has 1 atom stereocenters. The second-order valence-corrected chi connectivity index (χ2v) is 6.10. The third kappa shape index (κ3) is 2.11. The largest absolute Gasteiger partial charge is 0.341 e. The molecule has 5 amide bonds. The van der Waals surface area contributed by atoms with Crippen LogP contribution >= 0.6 is 11.8 Å². The van der Waals surface area contributed by atoms with Crippen LogP contribution in [0.5, 0.6) is 0 Å². The molecule has 20 heavy (non-hydrogen) atoms. The zero-order chi connectivity index (χ0) is 14.3. The van der Waals surface area contributed by atoms with Crippen LogP contribution in [0.15, 0.2) is 0 Å². The van der Waals surface area contributed by atoms with Crippen molar-refractivity contribution in [1.82, 2.24) is 20.9 Å². The lowest BCUT2D eigenvalue weighted by molar-refractivity contribution is -0.136. The molecule has 0 aromatic carbocycles. The topological polar surface area (TPSA) is 108 Å². The lowest BCUT2D eigenvalue weighted by Crippen LogP contribution is -2.57. The minimum Gasteiger partial charge on any atom is -0.341 e. The van der Waals surface area contributed by atoms with Crippen molar-refractivity contribution >= 4 is 34.8 Å². The highest BCUT2D eigenvalue weighted by atomic mass is 32.2. The summed E-state index contributed by atoms with van der Waals surface area (Å²) in [7, 11) is 0. The number of hydrogen-bond donors (Lipinski definition) is 3. The van der Waals surface area contributed by atoms with E-state index in [1.54, 1.807) is 4.90 Å². The highest BCUT2D eigenvalue weighted by Crippen LogP contribution is 2.26. The van der Waals surface area contributed by atoms with Crippen LogP contribution in [0.1, 0.15) is 12.8 Å². The second kappa shape index (κ2) is 4.65. The molecule has 3 rings (SSSR count). The zero-order valence-corrected chi connectivity index (χ0v) is 11.4. The molecular weight excluding hydrogens is 284 g/mol. The van der Waals surface area contributed by atoms with Gasteiger partial charge in [0.25, 0.3) is 11.1 Å². The van der Waals surface area contributed by atoms with Gasteiger partial charge in [-0.1, -0.05) is 11.8 Å². The molecule has 0 radical (unpaired) electrons. The van der Waals surface area contributed by atoms with Gasteiger partial charge in [-0.25, -0.2) is 4.79 Å². The van der Waals surface area contributed by atoms with E-state index in [9.17, 15) is 19.2 Å². The molecule has 0 aromatic heterocycles. The molecule has 108 valence electrons. The maximum absolute atomic E-state index is 12.2. The summed E-state index contributed by atoms with van der Waals surface area (Å²) in [6.07, 6.45) is 0.786. The minimum atomic E-state index is -0.873. The molecule has 0 aromatic rings. The molecule has 3 aliphatic rings. The van der Waals surface area contributed by atoms with Gasteiger partial charge < -0.3 is 15.5 Å². The van der Waals surface area contributed by atoms with E-state index < -0.39 is 17.6 Å². The Bertz CT molecular complexity index is 501. The Morgan fingerprint density at radius 3 is 2.45 bits per heavy atom. The number of amides is 5. The van der Waals surface area contributed by atoms with Crippen LogP contribution in [-0.2, 0) is 9.59 Å². The van der Waals surface area contributed by atoms with E-state index in [0.717, 1.165) is 11.8 Å². The maximum atomic E-state index is 12.2. The SMILES string of the molecule is O=C1NC(=O)C2(CCN(C(=O)C3CSC(=O)N3)CC2)N1. The third-order valence-electron chi connectivity index (χ3n) is 3.91. The molecule has 0 saturated carbocycles. The van der Waals surface area contributed by atoms with Crippen molar-refractivity contribution in [3.63, 3.8) is 0 Å². The summed E-state index contributed by atoms with van der Waals surface area (Å²) >= 11 is 1.10. The third-order valence-corrected chi connectivity index (χ3v) is 4.79. The van der Waals surface area contributed by atoms with Gasteiger partial charge in [-0.15, -0.1) is 0 Å². The fraction of sp³-hybridized carbons (Fsp3) is 0.636. The molecule has 1 unspecified atom stereocenters. The Kier molecular flexibility index (Phi) is 3.08. The van der Waals surface area contributed by atoms with E-state index in [2.05, 4.69) is 16.0 Å². The molecule has 3 N–H and O–H groups in total. The normalized spacial score (nSPS) is 28.3. The van der Waals surface area contributed by atoms with Crippen molar-refractivity contribution in [2.45, 2.75) is 24.4 Å². The molecule has 3 fully saturated rings. The summed E-state index contributed by atoms with van der Waals surface area (Å²) in [5, 5.41) is 7.30. The van der Waals surface area contributed by atoms with Crippen molar-refractivity contribution in [3.05, 3.63) is 0 Å². The summed E-state index contributed by atoms with van der Waals surface area (Å²) in [5.41, 5.74) is -0.873. The number of likely N-dealkylation sites (tertiary alicyclic amines) is 1. The first kappa shape index (κ1) is 13.2. The van der Waals surface area contributed by atoms with E-state index in [1.165, 1.54) is 0 Å². The predicted octanol–water partition coefficient (Wildman–Crippen LogP) is -0.988. The molecule has 3 aliphatic heterocycles. The van der Waals surface area contributed by atoms with Crippen molar-refractivity contribution in [2.75, 3.05) is 18.8 Å². The second-order valence-electron chi connectivity index (χ2n) is 5.11. The zero-order valence-electron chi connectivity index (χ0n) is 10.6. The molecule has 8 nitrogen and oxygen atoms in total. The monoisotopic (exact) mass is 298 g/mol. The van der Waals surface area contributed by atoms with Crippen LogP contribution in [0.3, 0.4) is 0 Å². The van der Waals surface area contributed by atoms with Crippen LogP contribution < -0.4 is 16.0 Å². The first-order valence-electron chi connectivity index (χ1n) is 6.36. The van der Waals surface area contributed by atoms with E-state index in [0.29, 0.717) is 31.7 Å². The number of hydrogen-bond acceptors (Lipinski definition) is 5. The number of rotatable bonds is 1. The Labute approximate surface area is 119 Å². The van der Waals surface area contributed by atoms with Crippen molar-refractivity contribution in [3.8, 4) is 0 Å². The Morgan fingerprint density at radius 2 is 1.95 bits per heavy atom. The summed E-state index contributed by atoms with van der Waals surface area (Å²) in [5.74, 6) is -0.00135. The Morgan fingerprint density at radius 1 is 1.25 bits per heavy atom. The summed E-state index contributed by atoms with van der Waals surface area (Å²) in [4.78, 5) is 47.9. The smallest absolute Gasteiger partial charge is 0.322 e. The van der Waals surface area contributed by atoms with Gasteiger partial charge in [-0.2, -0.15) is 0 Å². The molecule has 0 aliphatic carbocycles. The highest BCUT2D eigenvalue weighted by Gasteiger charge is 2.49. The fourth-order valence-corrected chi connectivity index (χ4v) is 3.50. The van der Waals surface area contributed by atoms with Crippen LogP contribution in [0.2, 0.25) is 0 Å². The van der Waals surface area contributed by atoms with Crippen molar-refractivity contribution in [2.24, 2.45) is 0 Å². The molecular formula is C11H14N4O4S. The summed E-state index contributed by atoms with van der Waals surface area (Å²) in [6, 6.07) is -0.956. The van der Waals surface area contributed by atoms with Gasteiger partial charge in [0.1, 0.15) is 11.6 Å². The van der Waals surface area contributed by atoms with Crippen LogP contribution in [0.4, 0.5) is 9.59 Å². The molecule has 0 bridgehead atoms. The number of thioether (sulfide) groups is 1. The predicted molar refractivity (Wildman–Crippen MR) is 70.0 cm³/mol. The maximum Gasteiger partial charge on any atom is 0.322 e. The number of imide groups is 1. The highest BCUT2D eigenvalue weighted by molar-refractivity contribution is 8.14. The van der Waals surface area contributed by atoms with Crippen molar-refractivity contribution in [1.29, 1.82) is 0 Å². The molecule has 1 spiro atoms. The number of nitrogens with zero attached hydrogens (tertiary/aromatic N) is 1. The van der Waals surface area contributed by atoms with Crippen LogP contribution in [-0.4, -0.2) is 58.4 Å². The van der Waals surface area contributed by atoms with Crippen molar-refractivity contribution < 1.29 is 19.2 Å². The quantitative estimate of drug-likeness (QED) is 0.539. The average molecular weight is 298 g/mol. The molecule has 3 saturated heterocycles. The Hall–Kier alpha value is -1.77. The van der Waals surface area contributed by atoms with Gasteiger partial charge in [-0.05, 0) is 12.8 Å². The van der Waals surface area contributed by atoms with Crippen LogP contribution in [0, 0.1) is 0 Å². The van der Waals surface area contributed by atoms with Gasteiger partial charge in [0, 0.05) is 18.8 Å². The standard InChI is InChI=1S/C11H14N4O4S/c16-7(6-5-20-10(19)12-6)15-3-1-11(2-4-15)8(17)13-9(18)14-11/h6H,1-5H2,(H,12,19)(H2,13,14,17,18). The van der Waals surface area contributed by atoms with E-state index in [4.69, 9.17) is 0 Å². The summed E-state index contributed by atoms with van der Waals surface area (Å²) in [6.45, 7) is 0.785. The minimum absolute atomic E-state index is 0.122. The lowest BCUT2D eigenvalue weighted by atomic mass is 9.87. The van der Waals surface area contributed by atoms with E-state index in [1.807, 2.05) is 0 Å².